The van der Waals surface area contributed by atoms with E-state index in [-0.39, 0.29) is 0 Å². The smallest absolute Gasteiger partial charge is 0.129 e. The van der Waals surface area contributed by atoms with Gasteiger partial charge in [0.2, 0.25) is 0 Å². The number of rotatable bonds is 3. The van der Waals surface area contributed by atoms with Crippen molar-refractivity contribution in [2.24, 2.45) is 18.9 Å². The molecule has 2 unspecified atom stereocenters. The number of nitrogens with zero attached hydrogens (tertiary/aromatic N) is 2. The van der Waals surface area contributed by atoms with Crippen LogP contribution in [0.25, 0.3) is 11.1 Å². The Morgan fingerprint density at radius 1 is 1.24 bits per heavy atom. The Kier molecular flexibility index (Phi) is 2.74. The zero-order chi connectivity index (χ0) is 14.6. The van der Waals surface area contributed by atoms with Crippen LogP contribution in [0.15, 0.2) is 24.3 Å². The maximum atomic E-state index is 6.30. The molecule has 21 heavy (non-hydrogen) atoms. The Bertz CT molecular complexity index is 681. The zero-order valence-electron chi connectivity index (χ0n) is 12.5. The molecule has 1 aromatic carbocycles. The highest BCUT2D eigenvalue weighted by atomic mass is 16.5. The number of aromatic nitrogens is 2. The van der Waals surface area contributed by atoms with Crippen molar-refractivity contribution in [2.45, 2.75) is 25.2 Å². The second kappa shape index (κ2) is 4.52. The van der Waals surface area contributed by atoms with Crippen molar-refractivity contribution in [3.8, 4) is 16.9 Å². The molecule has 0 saturated heterocycles. The van der Waals surface area contributed by atoms with Gasteiger partial charge in [-0.05, 0) is 48.8 Å². The molecule has 2 atom stereocenters. The standard InChI is InChI=1S/C17H21N3O/c1-20-17(18)15(10-4-3-5-14(9-10)21-2)16(19-20)13-7-11-6-12(11)8-13/h3-5,9,11-13H,6-8,18H2,1-2H3. The van der Waals surface area contributed by atoms with Gasteiger partial charge in [-0.3, -0.25) is 4.68 Å². The topological polar surface area (TPSA) is 53.1 Å². The third-order valence-corrected chi connectivity index (χ3v) is 5.11. The molecular weight excluding hydrogens is 262 g/mol. The van der Waals surface area contributed by atoms with Crippen LogP contribution in [0.3, 0.4) is 0 Å². The monoisotopic (exact) mass is 283 g/mol. The summed E-state index contributed by atoms with van der Waals surface area (Å²) in [6.07, 6.45) is 3.98. The fraction of sp³-hybridized carbons (Fsp3) is 0.471. The molecular formula is C17H21N3O. The molecule has 0 radical (unpaired) electrons. The van der Waals surface area contributed by atoms with E-state index in [4.69, 9.17) is 15.6 Å². The lowest BCUT2D eigenvalue weighted by Gasteiger charge is -2.12. The first-order valence-electron chi connectivity index (χ1n) is 7.64. The predicted octanol–water partition coefficient (Wildman–Crippen LogP) is 3.19. The molecule has 0 aliphatic heterocycles. The van der Waals surface area contributed by atoms with E-state index in [9.17, 15) is 0 Å². The van der Waals surface area contributed by atoms with Gasteiger partial charge < -0.3 is 10.5 Å². The van der Waals surface area contributed by atoms with Crippen molar-refractivity contribution in [1.29, 1.82) is 0 Å². The largest absolute Gasteiger partial charge is 0.497 e. The second-order valence-electron chi connectivity index (χ2n) is 6.43. The van der Waals surface area contributed by atoms with Crippen LogP contribution in [0.1, 0.15) is 30.9 Å². The fourth-order valence-corrected chi connectivity index (χ4v) is 3.86. The van der Waals surface area contributed by atoms with E-state index >= 15 is 0 Å². The summed E-state index contributed by atoms with van der Waals surface area (Å²) in [5.74, 6) is 4.06. The molecule has 4 rings (SSSR count). The molecule has 0 amide bonds. The average Bonchev–Trinajstić information content (AvgIpc) is 2.99. The number of ether oxygens (including phenoxy) is 1. The molecule has 0 spiro atoms. The first kappa shape index (κ1) is 12.7. The van der Waals surface area contributed by atoms with Crippen LogP contribution < -0.4 is 10.5 Å². The van der Waals surface area contributed by atoms with E-state index in [0.29, 0.717) is 5.92 Å². The number of nitrogen functional groups attached to an aromatic ring is 1. The summed E-state index contributed by atoms with van der Waals surface area (Å²) < 4.78 is 7.16. The van der Waals surface area contributed by atoms with Crippen molar-refractivity contribution in [3.63, 3.8) is 0 Å². The molecule has 110 valence electrons. The van der Waals surface area contributed by atoms with Gasteiger partial charge in [-0.15, -0.1) is 0 Å². The molecule has 2 N–H and O–H groups in total. The quantitative estimate of drug-likeness (QED) is 0.941. The Labute approximate surface area is 124 Å². The highest BCUT2D eigenvalue weighted by Crippen LogP contribution is 2.58. The van der Waals surface area contributed by atoms with E-state index < -0.39 is 0 Å². The predicted molar refractivity (Wildman–Crippen MR) is 83.2 cm³/mol. The van der Waals surface area contributed by atoms with E-state index in [1.54, 1.807) is 7.11 Å². The number of aryl methyl sites for hydroxylation is 1. The molecule has 2 aliphatic carbocycles. The van der Waals surface area contributed by atoms with Gasteiger partial charge in [0.05, 0.1) is 12.8 Å². The number of nitrogens with two attached hydrogens (primary N) is 1. The second-order valence-corrected chi connectivity index (χ2v) is 6.43. The summed E-state index contributed by atoms with van der Waals surface area (Å²) >= 11 is 0. The lowest BCUT2D eigenvalue weighted by Crippen LogP contribution is -2.00. The van der Waals surface area contributed by atoms with Gasteiger partial charge in [-0.2, -0.15) is 5.10 Å². The molecule has 4 heteroatoms. The lowest BCUT2D eigenvalue weighted by molar-refractivity contribution is 0.415. The van der Waals surface area contributed by atoms with Crippen LogP contribution in [-0.4, -0.2) is 16.9 Å². The molecule has 1 heterocycles. The Hall–Kier alpha value is -1.97. The Morgan fingerprint density at radius 2 is 2.00 bits per heavy atom. The van der Waals surface area contributed by atoms with Crippen molar-refractivity contribution in [2.75, 3.05) is 12.8 Å². The molecule has 1 aromatic heterocycles. The summed E-state index contributed by atoms with van der Waals surface area (Å²) in [5, 5.41) is 4.73. The molecule has 0 bridgehead atoms. The minimum absolute atomic E-state index is 0.568. The lowest BCUT2D eigenvalue weighted by atomic mass is 9.93. The minimum atomic E-state index is 0.568. The highest BCUT2D eigenvalue weighted by molar-refractivity contribution is 5.78. The van der Waals surface area contributed by atoms with Crippen molar-refractivity contribution in [3.05, 3.63) is 30.0 Å². The first-order chi connectivity index (χ1) is 10.2. The van der Waals surface area contributed by atoms with Crippen molar-refractivity contribution in [1.82, 2.24) is 9.78 Å². The van der Waals surface area contributed by atoms with E-state index in [1.807, 2.05) is 29.9 Å². The van der Waals surface area contributed by atoms with Crippen LogP contribution in [0, 0.1) is 11.8 Å². The highest BCUT2D eigenvalue weighted by Gasteiger charge is 2.47. The average molecular weight is 283 g/mol. The van der Waals surface area contributed by atoms with E-state index in [1.165, 1.54) is 25.0 Å². The molecule has 2 saturated carbocycles. The summed E-state index contributed by atoms with van der Waals surface area (Å²) in [6.45, 7) is 0. The summed E-state index contributed by atoms with van der Waals surface area (Å²) in [7, 11) is 3.62. The Balaban J connectivity index is 1.79. The van der Waals surface area contributed by atoms with Crippen LogP contribution in [-0.2, 0) is 7.05 Å². The minimum Gasteiger partial charge on any atom is -0.497 e. The van der Waals surface area contributed by atoms with Crippen LogP contribution in [0.4, 0.5) is 5.82 Å². The van der Waals surface area contributed by atoms with Gasteiger partial charge >= 0.3 is 0 Å². The van der Waals surface area contributed by atoms with Crippen molar-refractivity contribution >= 4 is 5.82 Å². The summed E-state index contributed by atoms with van der Waals surface area (Å²) in [4.78, 5) is 0. The third kappa shape index (κ3) is 2.01. The molecule has 4 nitrogen and oxygen atoms in total. The normalized spacial score (nSPS) is 26.7. The number of hydrogen-bond acceptors (Lipinski definition) is 3. The number of fused-ring (bicyclic) bond motifs is 1. The third-order valence-electron chi connectivity index (χ3n) is 5.11. The molecule has 2 aromatic rings. The molecule has 2 aliphatic rings. The first-order valence-corrected chi connectivity index (χ1v) is 7.64. The van der Waals surface area contributed by atoms with Crippen LogP contribution >= 0.6 is 0 Å². The van der Waals surface area contributed by atoms with Crippen LogP contribution in [0.5, 0.6) is 5.75 Å². The number of methoxy groups -OCH3 is 1. The van der Waals surface area contributed by atoms with Gasteiger partial charge in [0.15, 0.2) is 0 Å². The SMILES string of the molecule is COc1cccc(-c2c(C3CC4CC4C3)nn(C)c2N)c1. The van der Waals surface area contributed by atoms with Crippen molar-refractivity contribution < 1.29 is 4.74 Å². The summed E-state index contributed by atoms with van der Waals surface area (Å²) in [5.41, 5.74) is 9.68. The van der Waals surface area contributed by atoms with Gasteiger partial charge in [0.25, 0.3) is 0 Å². The van der Waals surface area contributed by atoms with Gasteiger partial charge in [-0.1, -0.05) is 12.1 Å². The number of anilines is 1. The summed E-state index contributed by atoms with van der Waals surface area (Å²) in [6, 6.07) is 8.11. The van der Waals surface area contributed by atoms with Gasteiger partial charge in [0.1, 0.15) is 11.6 Å². The number of hydrogen-bond donors (Lipinski definition) is 1. The fourth-order valence-electron chi connectivity index (χ4n) is 3.86. The van der Waals surface area contributed by atoms with Gasteiger partial charge in [0, 0.05) is 18.5 Å². The molecule has 2 fully saturated rings. The Morgan fingerprint density at radius 3 is 2.71 bits per heavy atom. The zero-order valence-corrected chi connectivity index (χ0v) is 12.5. The number of benzene rings is 1. The maximum Gasteiger partial charge on any atom is 0.129 e. The van der Waals surface area contributed by atoms with E-state index in [2.05, 4.69) is 6.07 Å². The van der Waals surface area contributed by atoms with E-state index in [0.717, 1.165) is 34.5 Å². The van der Waals surface area contributed by atoms with Gasteiger partial charge in [-0.25, -0.2) is 0 Å². The van der Waals surface area contributed by atoms with Crippen LogP contribution in [0.2, 0.25) is 0 Å². The maximum absolute atomic E-state index is 6.30.